The highest BCUT2D eigenvalue weighted by Gasteiger charge is 2.69. The predicted molar refractivity (Wildman–Crippen MR) is 116 cm³/mol. The molecule has 0 saturated heterocycles. The lowest BCUT2D eigenvalue weighted by molar-refractivity contribution is -0.153. The zero-order valence-electron chi connectivity index (χ0n) is 17.6. The smallest absolute Gasteiger partial charge is 0.330 e. The molecule has 1 aliphatic carbocycles. The van der Waals surface area contributed by atoms with E-state index < -0.39 is 39.5 Å². The minimum absolute atomic E-state index is 0.0289. The van der Waals surface area contributed by atoms with E-state index in [4.69, 9.17) is 33.7 Å². The van der Waals surface area contributed by atoms with Gasteiger partial charge in [-0.1, -0.05) is 27.2 Å². The zero-order valence-corrected chi connectivity index (χ0v) is 19.1. The summed E-state index contributed by atoms with van der Waals surface area (Å²) in [6.45, 7) is 7.04. The summed E-state index contributed by atoms with van der Waals surface area (Å²) in [5.41, 5.74) is 3.48. The first-order chi connectivity index (χ1) is 13.9. The molecule has 1 aromatic rings. The second kappa shape index (κ2) is 9.01. The van der Waals surface area contributed by atoms with Crippen LogP contribution in [-0.2, 0) is 20.9 Å². The SMILES string of the molecule is CCCCn1c(N)c(N(CC(C)C)C(=O)COC(=O)[C@]2(C)CC2(Cl)Cl)c(=O)[nH]c1=O. The van der Waals surface area contributed by atoms with Crippen molar-refractivity contribution in [2.24, 2.45) is 11.3 Å². The number of anilines is 2. The number of hydrogen-bond donors (Lipinski definition) is 2. The number of aromatic nitrogens is 2. The number of nitrogens with two attached hydrogens (primary N) is 1. The van der Waals surface area contributed by atoms with E-state index in [0.29, 0.717) is 13.0 Å². The third kappa shape index (κ3) is 4.83. The van der Waals surface area contributed by atoms with Gasteiger partial charge in [-0.05, 0) is 19.3 Å². The van der Waals surface area contributed by atoms with Gasteiger partial charge in [0.1, 0.15) is 15.6 Å². The normalized spacial score (nSPS) is 19.6. The number of amides is 1. The fraction of sp³-hybridized carbons (Fsp3) is 0.684. The van der Waals surface area contributed by atoms with Gasteiger partial charge in [0, 0.05) is 19.5 Å². The molecular formula is C19H28Cl2N4O5. The number of rotatable bonds is 9. The van der Waals surface area contributed by atoms with Crippen molar-refractivity contribution in [3.8, 4) is 0 Å². The van der Waals surface area contributed by atoms with Crippen molar-refractivity contribution >= 4 is 46.6 Å². The molecule has 168 valence electrons. The minimum atomic E-state index is -1.22. The number of alkyl halides is 2. The maximum Gasteiger partial charge on any atom is 0.330 e. The Balaban J connectivity index is 2.31. The van der Waals surface area contributed by atoms with Gasteiger partial charge >= 0.3 is 11.7 Å². The van der Waals surface area contributed by atoms with E-state index in [0.717, 1.165) is 11.3 Å². The standard InChI is InChI=1S/C19H28Cl2N4O5/c1-5-6-7-24-14(22)13(15(27)23-17(24)29)25(8-11(2)3)12(26)9-30-16(28)18(4)10-19(18,20)21/h11H,5-10,22H2,1-4H3,(H,23,27,29)/t18-/m0/s1. The van der Waals surface area contributed by atoms with Crippen LogP contribution in [0, 0.1) is 11.3 Å². The van der Waals surface area contributed by atoms with E-state index in [2.05, 4.69) is 4.98 Å². The lowest BCUT2D eigenvalue weighted by Gasteiger charge is -2.26. The number of nitrogen functional groups attached to an aromatic ring is 1. The van der Waals surface area contributed by atoms with Crippen molar-refractivity contribution in [2.75, 3.05) is 23.8 Å². The third-order valence-electron chi connectivity index (χ3n) is 5.10. The quantitative estimate of drug-likeness (QED) is 0.426. The number of halogens is 2. The Morgan fingerprint density at radius 3 is 2.43 bits per heavy atom. The summed E-state index contributed by atoms with van der Waals surface area (Å²) in [6, 6.07) is 0. The van der Waals surface area contributed by atoms with Crippen LogP contribution in [0.5, 0.6) is 0 Å². The van der Waals surface area contributed by atoms with Gasteiger partial charge in [-0.3, -0.25) is 23.9 Å². The highest BCUT2D eigenvalue weighted by Crippen LogP contribution is 2.64. The number of ether oxygens (including phenoxy) is 1. The summed E-state index contributed by atoms with van der Waals surface area (Å²) < 4.78 is 5.14. The van der Waals surface area contributed by atoms with Crippen molar-refractivity contribution < 1.29 is 14.3 Å². The van der Waals surface area contributed by atoms with Gasteiger partial charge in [-0.15, -0.1) is 23.2 Å². The number of unbranched alkanes of at least 4 members (excludes halogenated alkanes) is 1. The largest absolute Gasteiger partial charge is 0.455 e. The van der Waals surface area contributed by atoms with Crippen molar-refractivity contribution in [3.05, 3.63) is 20.8 Å². The Morgan fingerprint density at radius 1 is 1.33 bits per heavy atom. The van der Waals surface area contributed by atoms with Crippen LogP contribution in [0.25, 0.3) is 0 Å². The number of esters is 1. The number of nitrogens with zero attached hydrogens (tertiary/aromatic N) is 2. The summed E-state index contributed by atoms with van der Waals surface area (Å²) in [7, 11) is 0. The molecule has 0 radical (unpaired) electrons. The maximum atomic E-state index is 12.9. The Kier molecular flexibility index (Phi) is 7.29. The van der Waals surface area contributed by atoms with Crippen LogP contribution in [0.3, 0.4) is 0 Å². The second-order valence-corrected chi connectivity index (χ2v) is 9.67. The van der Waals surface area contributed by atoms with Gasteiger partial charge in [0.25, 0.3) is 11.5 Å². The van der Waals surface area contributed by atoms with Crippen LogP contribution in [0.15, 0.2) is 9.59 Å². The van der Waals surface area contributed by atoms with Gasteiger partial charge in [0.05, 0.1) is 0 Å². The highest BCUT2D eigenvalue weighted by molar-refractivity contribution is 6.53. The van der Waals surface area contributed by atoms with E-state index in [1.165, 1.54) is 4.57 Å². The number of H-pyrrole nitrogens is 1. The molecule has 9 nitrogen and oxygen atoms in total. The fourth-order valence-electron chi connectivity index (χ4n) is 3.05. The first-order valence-electron chi connectivity index (χ1n) is 9.83. The molecule has 3 N–H and O–H groups in total. The molecule has 0 aromatic carbocycles. The molecule has 2 rings (SSSR count). The molecule has 0 aliphatic heterocycles. The molecule has 1 fully saturated rings. The Bertz CT molecular complexity index is 940. The van der Waals surface area contributed by atoms with Crippen molar-refractivity contribution in [1.29, 1.82) is 0 Å². The average Bonchev–Trinajstić information content (AvgIpc) is 3.16. The van der Waals surface area contributed by atoms with Crippen LogP contribution in [0.1, 0.15) is 47.0 Å². The molecule has 30 heavy (non-hydrogen) atoms. The molecule has 1 heterocycles. The van der Waals surface area contributed by atoms with E-state index in [1.807, 2.05) is 20.8 Å². The molecule has 1 amide bonds. The average molecular weight is 463 g/mol. The van der Waals surface area contributed by atoms with Crippen LogP contribution in [0.2, 0.25) is 0 Å². The third-order valence-corrected chi connectivity index (χ3v) is 6.20. The van der Waals surface area contributed by atoms with Crippen LogP contribution in [-0.4, -0.2) is 38.9 Å². The highest BCUT2D eigenvalue weighted by atomic mass is 35.5. The first kappa shape index (κ1) is 24.3. The fourth-order valence-corrected chi connectivity index (χ4v) is 3.73. The molecule has 11 heteroatoms. The lowest BCUT2D eigenvalue weighted by Crippen LogP contribution is -2.44. The van der Waals surface area contributed by atoms with Crippen LogP contribution < -0.4 is 21.9 Å². The summed E-state index contributed by atoms with van der Waals surface area (Å²) >= 11 is 12.0. The van der Waals surface area contributed by atoms with Crippen LogP contribution in [0.4, 0.5) is 11.5 Å². The summed E-state index contributed by atoms with van der Waals surface area (Å²) in [4.78, 5) is 53.2. The van der Waals surface area contributed by atoms with E-state index in [9.17, 15) is 19.2 Å². The van der Waals surface area contributed by atoms with Crippen molar-refractivity contribution in [2.45, 2.75) is 57.8 Å². The molecular weight excluding hydrogens is 435 g/mol. The van der Waals surface area contributed by atoms with Gasteiger partial charge < -0.3 is 15.4 Å². The second-order valence-electron chi connectivity index (χ2n) is 8.19. The number of nitrogens with one attached hydrogen (secondary N) is 1. The van der Waals surface area contributed by atoms with E-state index in [-0.39, 0.29) is 30.4 Å². The molecule has 1 saturated carbocycles. The van der Waals surface area contributed by atoms with Gasteiger partial charge in [0.15, 0.2) is 12.3 Å². The topological polar surface area (TPSA) is 127 Å². The first-order valence-corrected chi connectivity index (χ1v) is 10.6. The number of carbonyl (C=O) groups excluding carboxylic acids is 2. The molecule has 0 bridgehead atoms. The zero-order chi connectivity index (χ0) is 22.9. The lowest BCUT2D eigenvalue weighted by atomic mass is 10.1. The van der Waals surface area contributed by atoms with Gasteiger partial charge in [0.2, 0.25) is 0 Å². The van der Waals surface area contributed by atoms with Crippen molar-refractivity contribution in [1.82, 2.24) is 9.55 Å². The number of aromatic amines is 1. The minimum Gasteiger partial charge on any atom is -0.455 e. The Labute approximate surface area is 184 Å². The summed E-state index contributed by atoms with van der Waals surface area (Å²) in [5.74, 6) is -1.47. The molecule has 0 spiro atoms. The van der Waals surface area contributed by atoms with Gasteiger partial charge in [-0.2, -0.15) is 0 Å². The van der Waals surface area contributed by atoms with Crippen molar-refractivity contribution in [3.63, 3.8) is 0 Å². The maximum absolute atomic E-state index is 12.9. The Hall–Kier alpha value is -2.00. The van der Waals surface area contributed by atoms with Crippen LogP contribution >= 0.6 is 23.2 Å². The molecule has 1 atom stereocenters. The molecule has 1 aromatic heterocycles. The monoisotopic (exact) mass is 462 g/mol. The predicted octanol–water partition coefficient (Wildman–Crippen LogP) is 2.03. The number of carbonyl (C=O) groups is 2. The van der Waals surface area contributed by atoms with E-state index in [1.54, 1.807) is 6.92 Å². The summed E-state index contributed by atoms with van der Waals surface area (Å²) in [6.07, 6.45) is 1.70. The molecule has 1 aliphatic rings. The Morgan fingerprint density at radius 2 is 1.93 bits per heavy atom. The molecule has 0 unspecified atom stereocenters. The summed E-state index contributed by atoms with van der Waals surface area (Å²) in [5, 5.41) is 0. The number of hydrogen-bond acceptors (Lipinski definition) is 6. The van der Waals surface area contributed by atoms with Gasteiger partial charge in [-0.25, -0.2) is 4.79 Å². The van der Waals surface area contributed by atoms with E-state index >= 15 is 0 Å².